The number of hydrogen-bond acceptors (Lipinski definition) is 4. The van der Waals surface area contributed by atoms with E-state index in [1.54, 1.807) is 0 Å². The number of rotatable bonds is 4. The number of benzene rings is 2. The lowest BCUT2D eigenvalue weighted by Gasteiger charge is -2.33. The normalized spacial score (nSPS) is 25.7. The van der Waals surface area contributed by atoms with Gasteiger partial charge >= 0.3 is 5.97 Å². The average molecular weight is 352 g/mol. The predicted octanol–water partition coefficient (Wildman–Crippen LogP) is 5.10. The average Bonchev–Trinajstić information content (AvgIpc) is 3.35. The van der Waals surface area contributed by atoms with Gasteiger partial charge in [0.1, 0.15) is 29.3 Å². The van der Waals surface area contributed by atoms with Crippen molar-refractivity contribution >= 4 is 16.7 Å². The Balaban J connectivity index is 1.69. The summed E-state index contributed by atoms with van der Waals surface area (Å²) >= 11 is 0. The summed E-state index contributed by atoms with van der Waals surface area (Å²) in [6.07, 6.45) is 4.26. The third-order valence-corrected chi connectivity index (χ3v) is 5.17. The SMILES string of the molecule is CC(=O)Oc1ccc2ccc3c(c2c1)C1OC1[C@](C)(CCC=C(C)C)O3. The number of fused-ring (bicyclic) bond motifs is 5. The van der Waals surface area contributed by atoms with Crippen LogP contribution in [0.5, 0.6) is 11.5 Å². The van der Waals surface area contributed by atoms with Crippen LogP contribution in [0.4, 0.5) is 0 Å². The maximum absolute atomic E-state index is 11.3. The van der Waals surface area contributed by atoms with E-state index in [0.29, 0.717) is 5.75 Å². The van der Waals surface area contributed by atoms with Crippen molar-refractivity contribution in [2.75, 3.05) is 0 Å². The molecule has 2 aliphatic rings. The van der Waals surface area contributed by atoms with Crippen molar-refractivity contribution in [3.8, 4) is 11.5 Å². The van der Waals surface area contributed by atoms with Crippen molar-refractivity contribution in [3.63, 3.8) is 0 Å². The Bertz CT molecular complexity index is 910. The van der Waals surface area contributed by atoms with Crippen LogP contribution in [0.15, 0.2) is 42.0 Å². The standard InChI is InChI=1S/C22H24O4/c1-13(2)6-5-11-22(4)21-20(25-21)19-17-12-16(24-14(3)23)9-7-15(17)8-10-18(19)26-22/h6-10,12,20-21H,5,11H2,1-4H3/t20?,21?,22-/m0/s1. The van der Waals surface area contributed by atoms with Crippen molar-refractivity contribution in [2.45, 2.75) is 58.3 Å². The van der Waals surface area contributed by atoms with Gasteiger partial charge in [-0.05, 0) is 62.6 Å². The van der Waals surface area contributed by atoms with E-state index in [1.165, 1.54) is 12.5 Å². The highest BCUT2D eigenvalue weighted by atomic mass is 16.6. The second-order valence-corrected chi connectivity index (χ2v) is 7.67. The lowest BCUT2D eigenvalue weighted by Crippen LogP contribution is -2.41. The third kappa shape index (κ3) is 2.99. The fraction of sp³-hybridized carbons (Fsp3) is 0.409. The highest BCUT2D eigenvalue weighted by Gasteiger charge is 2.58. The monoisotopic (exact) mass is 352 g/mol. The van der Waals surface area contributed by atoms with Crippen LogP contribution in [0.3, 0.4) is 0 Å². The Hall–Kier alpha value is -2.33. The topological polar surface area (TPSA) is 48.1 Å². The number of allylic oxidation sites excluding steroid dienone is 2. The Kier molecular flexibility index (Phi) is 4.03. The van der Waals surface area contributed by atoms with E-state index in [4.69, 9.17) is 14.2 Å². The molecule has 4 heteroatoms. The summed E-state index contributed by atoms with van der Waals surface area (Å²) in [6.45, 7) is 7.77. The quantitative estimate of drug-likeness (QED) is 0.332. The van der Waals surface area contributed by atoms with Crippen LogP contribution in [0.2, 0.25) is 0 Å². The van der Waals surface area contributed by atoms with Crippen molar-refractivity contribution in [1.82, 2.24) is 0 Å². The minimum Gasteiger partial charge on any atom is -0.484 e. The molecule has 0 aromatic heterocycles. The molecule has 0 radical (unpaired) electrons. The van der Waals surface area contributed by atoms with Gasteiger partial charge in [-0.2, -0.15) is 0 Å². The molecule has 2 aromatic carbocycles. The first-order valence-corrected chi connectivity index (χ1v) is 9.10. The molecule has 2 aliphatic heterocycles. The number of carbonyl (C=O) groups excluding carboxylic acids is 1. The minimum atomic E-state index is -0.321. The fourth-order valence-electron chi connectivity index (χ4n) is 3.86. The lowest BCUT2D eigenvalue weighted by molar-refractivity contribution is -0.131. The van der Waals surface area contributed by atoms with Crippen molar-refractivity contribution in [1.29, 1.82) is 0 Å². The van der Waals surface area contributed by atoms with Gasteiger partial charge in [0.25, 0.3) is 0 Å². The predicted molar refractivity (Wildman–Crippen MR) is 101 cm³/mol. The molecule has 1 saturated heterocycles. The molecule has 2 heterocycles. The molecule has 4 rings (SSSR count). The molecule has 2 unspecified atom stereocenters. The van der Waals surface area contributed by atoms with Gasteiger partial charge in [-0.15, -0.1) is 0 Å². The lowest BCUT2D eigenvalue weighted by atomic mass is 9.86. The van der Waals surface area contributed by atoms with Crippen LogP contribution in [-0.2, 0) is 9.53 Å². The molecule has 26 heavy (non-hydrogen) atoms. The van der Waals surface area contributed by atoms with Gasteiger partial charge in [0, 0.05) is 12.5 Å². The molecule has 0 bridgehead atoms. The van der Waals surface area contributed by atoms with Gasteiger partial charge in [-0.3, -0.25) is 4.79 Å². The Morgan fingerprint density at radius 2 is 2.00 bits per heavy atom. The van der Waals surface area contributed by atoms with Gasteiger partial charge in [-0.1, -0.05) is 23.8 Å². The van der Waals surface area contributed by atoms with E-state index in [0.717, 1.165) is 34.9 Å². The molecule has 4 nitrogen and oxygen atoms in total. The van der Waals surface area contributed by atoms with Crippen LogP contribution in [0, 0.1) is 0 Å². The molecule has 2 aromatic rings. The first-order chi connectivity index (χ1) is 12.4. The zero-order valence-electron chi connectivity index (χ0n) is 15.7. The van der Waals surface area contributed by atoms with Crippen LogP contribution in [-0.4, -0.2) is 17.7 Å². The molecule has 0 spiro atoms. The first-order valence-electron chi connectivity index (χ1n) is 9.10. The smallest absolute Gasteiger partial charge is 0.308 e. The molecule has 0 saturated carbocycles. The summed E-state index contributed by atoms with van der Waals surface area (Å²) in [4.78, 5) is 11.3. The zero-order chi connectivity index (χ0) is 18.5. The van der Waals surface area contributed by atoms with E-state index < -0.39 is 0 Å². The number of epoxide rings is 1. The molecular formula is C22H24O4. The number of ether oxygens (including phenoxy) is 3. The number of hydrogen-bond donors (Lipinski definition) is 0. The maximum atomic E-state index is 11.3. The van der Waals surface area contributed by atoms with E-state index in [2.05, 4.69) is 26.8 Å². The highest BCUT2D eigenvalue weighted by molar-refractivity contribution is 5.90. The molecule has 1 fully saturated rings. The Morgan fingerprint density at radius 1 is 1.23 bits per heavy atom. The molecule has 0 aliphatic carbocycles. The van der Waals surface area contributed by atoms with Gasteiger partial charge < -0.3 is 14.2 Å². The zero-order valence-corrected chi connectivity index (χ0v) is 15.7. The van der Waals surface area contributed by atoms with Crippen LogP contribution >= 0.6 is 0 Å². The van der Waals surface area contributed by atoms with Gasteiger partial charge in [-0.25, -0.2) is 0 Å². The summed E-state index contributed by atoms with van der Waals surface area (Å²) in [7, 11) is 0. The fourth-order valence-corrected chi connectivity index (χ4v) is 3.86. The summed E-state index contributed by atoms with van der Waals surface area (Å²) in [5.74, 6) is 1.10. The van der Waals surface area contributed by atoms with Crippen molar-refractivity contribution in [2.24, 2.45) is 0 Å². The van der Waals surface area contributed by atoms with Gasteiger partial charge in [0.15, 0.2) is 0 Å². The van der Waals surface area contributed by atoms with E-state index in [-0.39, 0.29) is 23.8 Å². The maximum Gasteiger partial charge on any atom is 0.308 e. The molecule has 3 atom stereocenters. The number of carbonyl (C=O) groups is 1. The van der Waals surface area contributed by atoms with E-state index >= 15 is 0 Å². The largest absolute Gasteiger partial charge is 0.484 e. The van der Waals surface area contributed by atoms with Crippen molar-refractivity contribution < 1.29 is 19.0 Å². The molecule has 136 valence electrons. The van der Waals surface area contributed by atoms with Crippen LogP contribution < -0.4 is 9.47 Å². The minimum absolute atomic E-state index is 0.0479. The Morgan fingerprint density at radius 3 is 2.73 bits per heavy atom. The van der Waals surface area contributed by atoms with Crippen molar-refractivity contribution in [3.05, 3.63) is 47.5 Å². The third-order valence-electron chi connectivity index (χ3n) is 5.17. The van der Waals surface area contributed by atoms with Crippen LogP contribution in [0.25, 0.3) is 10.8 Å². The summed E-state index contributed by atoms with van der Waals surface area (Å²) < 4.78 is 17.7. The van der Waals surface area contributed by atoms with E-state index in [1.807, 2.05) is 30.3 Å². The van der Waals surface area contributed by atoms with Gasteiger partial charge in [0.05, 0.1) is 0 Å². The van der Waals surface area contributed by atoms with Gasteiger partial charge in [0.2, 0.25) is 0 Å². The summed E-state index contributed by atoms with van der Waals surface area (Å²) in [5.41, 5.74) is 2.08. The van der Waals surface area contributed by atoms with E-state index in [9.17, 15) is 4.79 Å². The second kappa shape index (κ2) is 6.13. The Labute approximate surface area is 153 Å². The number of esters is 1. The first kappa shape index (κ1) is 17.1. The summed E-state index contributed by atoms with van der Waals surface area (Å²) in [5, 5.41) is 2.12. The highest BCUT2D eigenvalue weighted by Crippen LogP contribution is 2.57. The molecular weight excluding hydrogens is 328 g/mol. The molecule has 0 N–H and O–H groups in total. The summed E-state index contributed by atoms with van der Waals surface area (Å²) in [6, 6.07) is 9.76. The second-order valence-electron chi connectivity index (χ2n) is 7.67. The molecule has 0 amide bonds. The van der Waals surface area contributed by atoms with Crippen LogP contribution in [0.1, 0.15) is 52.2 Å².